The molecule has 2 aromatic rings. The minimum absolute atomic E-state index is 0.0214. The summed E-state index contributed by atoms with van der Waals surface area (Å²) >= 11 is 1.15. The lowest BCUT2D eigenvalue weighted by Crippen LogP contribution is -2.00. The van der Waals surface area contributed by atoms with Crippen LogP contribution in [0.4, 0.5) is 10.8 Å². The Morgan fingerprint density at radius 2 is 1.75 bits per heavy atom. The van der Waals surface area contributed by atoms with E-state index in [0.717, 1.165) is 11.3 Å². The molecule has 0 unspecified atom stereocenters. The number of hydrogen-bond acceptors (Lipinski definition) is 8. The molecule has 20 heavy (non-hydrogen) atoms. The molecule has 1 heterocycles. The van der Waals surface area contributed by atoms with Crippen molar-refractivity contribution < 1.29 is 19.1 Å². The van der Waals surface area contributed by atoms with Crippen molar-refractivity contribution >= 4 is 32.4 Å². The van der Waals surface area contributed by atoms with E-state index in [2.05, 4.69) is 10.3 Å². The molecule has 8 nitrogen and oxygen atoms in total. The molecule has 1 aromatic heterocycles. The van der Waals surface area contributed by atoms with Crippen LogP contribution in [0.15, 0.2) is 0 Å². The molecule has 0 saturated carbocycles. The van der Waals surface area contributed by atoms with Gasteiger partial charge in [-0.1, -0.05) is 11.3 Å². The zero-order valence-electron chi connectivity index (χ0n) is 11.3. The molecule has 0 atom stereocenters. The third-order valence-electron chi connectivity index (χ3n) is 2.69. The first-order valence-electron chi connectivity index (χ1n) is 5.53. The first kappa shape index (κ1) is 14.1. The molecule has 9 heteroatoms. The summed E-state index contributed by atoms with van der Waals surface area (Å²) in [5.74, 6) is 0.484. The fraction of sp³-hybridized carbons (Fsp3) is 0.364. The van der Waals surface area contributed by atoms with Gasteiger partial charge in [-0.05, 0) is 0 Å². The van der Waals surface area contributed by atoms with E-state index in [1.807, 2.05) is 0 Å². The molecular weight excluding hydrogens is 286 g/mol. The number of benzene rings is 1. The number of aromatic nitrogens is 1. The zero-order chi connectivity index (χ0) is 14.9. The average molecular weight is 299 g/mol. The summed E-state index contributed by atoms with van der Waals surface area (Å²) in [5, 5.41) is 14.7. The van der Waals surface area contributed by atoms with E-state index in [4.69, 9.17) is 14.2 Å². The summed E-state index contributed by atoms with van der Waals surface area (Å²) < 4.78 is 16.0. The fourth-order valence-corrected chi connectivity index (χ4v) is 2.82. The molecule has 0 radical (unpaired) electrons. The summed E-state index contributed by atoms with van der Waals surface area (Å²) in [6.07, 6.45) is 0. The van der Waals surface area contributed by atoms with Gasteiger partial charge >= 0.3 is 5.69 Å². The highest BCUT2D eigenvalue weighted by Gasteiger charge is 2.32. The van der Waals surface area contributed by atoms with Gasteiger partial charge in [-0.15, -0.1) is 0 Å². The molecule has 0 aliphatic rings. The Morgan fingerprint density at radius 1 is 1.15 bits per heavy atom. The van der Waals surface area contributed by atoms with Crippen LogP contribution in [0, 0.1) is 10.1 Å². The third-order valence-corrected chi connectivity index (χ3v) is 3.77. The van der Waals surface area contributed by atoms with E-state index in [-0.39, 0.29) is 17.2 Å². The number of hydrogen-bond donors (Lipinski definition) is 1. The highest BCUT2D eigenvalue weighted by Crippen LogP contribution is 2.52. The first-order valence-corrected chi connectivity index (χ1v) is 6.35. The molecule has 0 fully saturated rings. The van der Waals surface area contributed by atoms with Gasteiger partial charge < -0.3 is 19.5 Å². The Kier molecular flexibility index (Phi) is 3.79. The lowest BCUT2D eigenvalue weighted by Gasteiger charge is -2.12. The second-order valence-corrected chi connectivity index (χ2v) is 4.65. The van der Waals surface area contributed by atoms with Crippen LogP contribution in [-0.2, 0) is 0 Å². The molecule has 1 N–H and O–H groups in total. The van der Waals surface area contributed by atoms with Gasteiger partial charge in [0.1, 0.15) is 10.2 Å². The van der Waals surface area contributed by atoms with Crippen molar-refractivity contribution in [3.63, 3.8) is 0 Å². The van der Waals surface area contributed by atoms with Crippen LogP contribution in [-0.4, -0.2) is 38.3 Å². The van der Waals surface area contributed by atoms with Gasteiger partial charge in [-0.25, -0.2) is 4.98 Å². The maximum Gasteiger partial charge on any atom is 0.334 e. The van der Waals surface area contributed by atoms with E-state index >= 15 is 0 Å². The van der Waals surface area contributed by atoms with Gasteiger partial charge in [-0.3, -0.25) is 10.1 Å². The van der Waals surface area contributed by atoms with E-state index in [9.17, 15) is 10.1 Å². The summed E-state index contributed by atoms with van der Waals surface area (Å²) in [7, 11) is 5.86. The van der Waals surface area contributed by atoms with E-state index < -0.39 is 4.92 Å². The van der Waals surface area contributed by atoms with Gasteiger partial charge in [-0.2, -0.15) is 0 Å². The molecule has 0 amide bonds. The Labute approximate surface area is 118 Å². The molecule has 108 valence electrons. The summed E-state index contributed by atoms with van der Waals surface area (Å²) in [6, 6.07) is 0. The van der Waals surface area contributed by atoms with Gasteiger partial charge in [0.15, 0.2) is 10.9 Å². The number of ether oxygens (including phenoxy) is 3. The largest absolute Gasteiger partial charge is 0.491 e. The van der Waals surface area contributed by atoms with E-state index in [0.29, 0.717) is 21.1 Å². The second-order valence-electron chi connectivity index (χ2n) is 3.65. The molecule has 0 spiro atoms. The maximum atomic E-state index is 11.3. The smallest absolute Gasteiger partial charge is 0.334 e. The predicted octanol–water partition coefficient (Wildman–Crippen LogP) is 2.27. The summed E-state index contributed by atoms with van der Waals surface area (Å²) in [4.78, 5) is 15.1. The van der Waals surface area contributed by atoms with Crippen molar-refractivity contribution in [3.05, 3.63) is 10.1 Å². The highest BCUT2D eigenvalue weighted by atomic mass is 32.1. The lowest BCUT2D eigenvalue weighted by atomic mass is 10.2. The van der Waals surface area contributed by atoms with Crippen LogP contribution in [0.3, 0.4) is 0 Å². The van der Waals surface area contributed by atoms with Crippen LogP contribution in [0.5, 0.6) is 17.2 Å². The predicted molar refractivity (Wildman–Crippen MR) is 75.5 cm³/mol. The SMILES string of the molecule is CNc1nc2c(OC)c(OC)c(OC)c([N+](=O)[O-])c2s1. The fourth-order valence-electron chi connectivity index (χ4n) is 1.89. The van der Waals surface area contributed by atoms with Crippen molar-refractivity contribution in [2.24, 2.45) is 0 Å². The van der Waals surface area contributed by atoms with Crippen molar-refractivity contribution in [1.29, 1.82) is 0 Å². The molecule has 1 aromatic carbocycles. The number of nitro groups is 1. The topological polar surface area (TPSA) is 95.8 Å². The van der Waals surface area contributed by atoms with Crippen molar-refractivity contribution in [1.82, 2.24) is 4.98 Å². The maximum absolute atomic E-state index is 11.3. The third kappa shape index (κ3) is 1.95. The highest BCUT2D eigenvalue weighted by molar-refractivity contribution is 7.22. The number of nitrogens with zero attached hydrogens (tertiary/aromatic N) is 2. The minimum atomic E-state index is -0.513. The van der Waals surface area contributed by atoms with Crippen LogP contribution in [0.1, 0.15) is 0 Å². The van der Waals surface area contributed by atoms with Gasteiger partial charge in [0.25, 0.3) is 0 Å². The number of methoxy groups -OCH3 is 3. The minimum Gasteiger partial charge on any atom is -0.491 e. The van der Waals surface area contributed by atoms with E-state index in [1.54, 1.807) is 7.05 Å². The zero-order valence-corrected chi connectivity index (χ0v) is 12.2. The Hall–Kier alpha value is -2.29. The van der Waals surface area contributed by atoms with Crippen LogP contribution >= 0.6 is 11.3 Å². The number of fused-ring (bicyclic) bond motifs is 1. The van der Waals surface area contributed by atoms with E-state index in [1.165, 1.54) is 21.3 Å². The average Bonchev–Trinajstić information content (AvgIpc) is 2.87. The second kappa shape index (κ2) is 5.37. The summed E-state index contributed by atoms with van der Waals surface area (Å²) in [5.41, 5.74) is 0.186. The Bertz CT molecular complexity index is 670. The number of thiazole rings is 1. The van der Waals surface area contributed by atoms with Crippen molar-refractivity contribution in [2.75, 3.05) is 33.7 Å². The standard InChI is InChI=1S/C11H13N3O5S/c1-12-11-13-5-7(17-2)9(19-4)8(18-3)6(14(15)16)10(5)20-11/h1-4H3,(H,12,13). The lowest BCUT2D eigenvalue weighted by molar-refractivity contribution is -0.383. The number of nitrogens with one attached hydrogen (secondary N) is 1. The normalized spacial score (nSPS) is 10.4. The van der Waals surface area contributed by atoms with Crippen molar-refractivity contribution in [2.45, 2.75) is 0 Å². The summed E-state index contributed by atoms with van der Waals surface area (Å²) in [6.45, 7) is 0. The Morgan fingerprint density at radius 3 is 2.20 bits per heavy atom. The molecule has 2 rings (SSSR count). The number of anilines is 1. The van der Waals surface area contributed by atoms with Gasteiger partial charge in [0.2, 0.25) is 11.5 Å². The monoisotopic (exact) mass is 299 g/mol. The molecular formula is C11H13N3O5S. The van der Waals surface area contributed by atoms with Crippen LogP contribution < -0.4 is 19.5 Å². The Balaban J connectivity index is 2.98. The molecule has 0 saturated heterocycles. The van der Waals surface area contributed by atoms with Gasteiger partial charge in [0, 0.05) is 7.05 Å². The van der Waals surface area contributed by atoms with Crippen LogP contribution in [0.2, 0.25) is 0 Å². The quantitative estimate of drug-likeness (QED) is 0.668. The first-order chi connectivity index (χ1) is 9.58. The molecule has 0 bridgehead atoms. The van der Waals surface area contributed by atoms with Crippen molar-refractivity contribution in [3.8, 4) is 17.2 Å². The molecule has 0 aliphatic heterocycles. The molecule has 0 aliphatic carbocycles. The van der Waals surface area contributed by atoms with Gasteiger partial charge in [0.05, 0.1) is 26.3 Å². The number of rotatable bonds is 5. The number of nitro benzene ring substituents is 1. The van der Waals surface area contributed by atoms with Crippen LogP contribution in [0.25, 0.3) is 10.2 Å².